The molecule has 4 atom stereocenters. The molecule has 23 heteroatoms. The summed E-state index contributed by atoms with van der Waals surface area (Å²) < 4.78 is 148. The second-order valence-electron chi connectivity index (χ2n) is 19.6. The van der Waals surface area contributed by atoms with Crippen LogP contribution in [0.15, 0.2) is 121 Å². The monoisotopic (exact) mass is 1160 g/mol. The van der Waals surface area contributed by atoms with Gasteiger partial charge in [-0.3, -0.25) is 19.4 Å². The zero-order valence-electron chi connectivity index (χ0n) is 45.0. The fraction of sp³-hybridized carbons (Fsp3) is 0.356. The lowest BCUT2D eigenvalue weighted by Gasteiger charge is -2.43. The average Bonchev–Trinajstić information content (AvgIpc) is 1.99. The minimum Gasteiger partial charge on any atom is -0.481 e. The number of carboxylic acid groups (broad SMARTS) is 1. The average molecular weight is 1160 g/mol. The molecule has 1 aliphatic heterocycles. The number of hydrogen-bond acceptors (Lipinski definition) is 8. The third kappa shape index (κ3) is 15.5. The highest BCUT2D eigenvalue weighted by molar-refractivity contribution is 6.12. The van der Waals surface area contributed by atoms with Gasteiger partial charge in [0.15, 0.2) is 0 Å². The van der Waals surface area contributed by atoms with Gasteiger partial charge in [0.05, 0.1) is 72.0 Å². The highest BCUT2D eigenvalue weighted by Gasteiger charge is 2.44. The van der Waals surface area contributed by atoms with Crippen LogP contribution in [-0.4, -0.2) is 80.8 Å². The zero-order valence-corrected chi connectivity index (χ0v) is 45.0. The molecule has 0 saturated heterocycles. The first-order valence-corrected chi connectivity index (χ1v) is 25.9. The van der Waals surface area contributed by atoms with Crippen LogP contribution in [0.2, 0.25) is 0 Å². The highest BCUT2D eigenvalue weighted by Crippen LogP contribution is 2.47. The smallest absolute Gasteiger partial charge is 0.416 e. The van der Waals surface area contributed by atoms with Gasteiger partial charge in [0.1, 0.15) is 5.82 Å². The largest absolute Gasteiger partial charge is 0.481 e. The van der Waals surface area contributed by atoms with Gasteiger partial charge in [-0.1, -0.05) is 69.3 Å². The van der Waals surface area contributed by atoms with Crippen molar-refractivity contribution in [2.24, 2.45) is 0 Å². The molecule has 0 bridgehead atoms. The van der Waals surface area contributed by atoms with Crippen molar-refractivity contribution in [2.75, 3.05) is 23.9 Å². The number of fused-ring (bicyclic) bond motifs is 1. The van der Waals surface area contributed by atoms with Crippen molar-refractivity contribution in [1.82, 2.24) is 9.47 Å². The van der Waals surface area contributed by atoms with Crippen LogP contribution in [0.1, 0.15) is 116 Å². The second-order valence-corrected chi connectivity index (χ2v) is 19.6. The van der Waals surface area contributed by atoms with Crippen molar-refractivity contribution < 1.29 is 87.9 Å². The van der Waals surface area contributed by atoms with Gasteiger partial charge in [-0.2, -0.15) is 39.5 Å². The third-order valence-corrected chi connectivity index (χ3v) is 13.5. The Morgan fingerprint density at radius 2 is 1.33 bits per heavy atom. The predicted octanol–water partition coefficient (Wildman–Crippen LogP) is 14.5. The van der Waals surface area contributed by atoms with E-state index in [4.69, 9.17) is 14.6 Å². The van der Waals surface area contributed by atoms with Crippen molar-refractivity contribution in [2.45, 2.75) is 122 Å². The Morgan fingerprint density at radius 3 is 1.85 bits per heavy atom. The van der Waals surface area contributed by atoms with Crippen LogP contribution in [-0.2, 0) is 45.9 Å². The van der Waals surface area contributed by atoms with E-state index in [1.807, 2.05) is 79.1 Å². The number of ether oxygens (including phenoxy) is 2. The summed E-state index contributed by atoms with van der Waals surface area (Å²) in [6, 6.07) is 25.8. The summed E-state index contributed by atoms with van der Waals surface area (Å²) in [5.74, 6) is -1.93. The van der Waals surface area contributed by atoms with Crippen molar-refractivity contribution in [3.63, 3.8) is 0 Å². The molecule has 13 nitrogen and oxygen atoms in total. The summed E-state index contributed by atoms with van der Waals surface area (Å²) in [6.07, 6.45) is -19.8. The van der Waals surface area contributed by atoms with Crippen molar-refractivity contribution >= 4 is 35.4 Å². The Hall–Kier alpha value is -7.92. The number of aliphatic carboxylic acids is 1. The molecular weight excluding hydrogens is 1100 g/mol. The molecule has 0 radical (unpaired) electrons. The van der Waals surface area contributed by atoms with Crippen molar-refractivity contribution in [3.05, 3.63) is 166 Å². The van der Waals surface area contributed by atoms with E-state index in [2.05, 4.69) is 5.32 Å². The van der Waals surface area contributed by atoms with Crippen LogP contribution >= 0.6 is 0 Å². The number of carboxylic acids is 1. The topological polar surface area (TPSA) is 171 Å². The van der Waals surface area contributed by atoms with E-state index < -0.39 is 96.2 Å². The van der Waals surface area contributed by atoms with Crippen molar-refractivity contribution in [3.8, 4) is 22.4 Å². The molecule has 3 amide bonds. The van der Waals surface area contributed by atoms with Crippen LogP contribution in [0.3, 0.4) is 0 Å². The number of nitrogens with zero attached hydrogens (tertiary/aromatic N) is 3. The summed E-state index contributed by atoms with van der Waals surface area (Å²) >= 11 is 0. The maximum absolute atomic E-state index is 14.0. The van der Waals surface area contributed by atoms with E-state index in [0.29, 0.717) is 52.3 Å². The second kappa shape index (κ2) is 26.8. The maximum Gasteiger partial charge on any atom is 0.416 e. The minimum absolute atomic E-state index is 0.0590. The normalized spacial score (nSPS) is 15.2. The van der Waals surface area contributed by atoms with Crippen LogP contribution < -0.4 is 10.2 Å². The van der Waals surface area contributed by atoms with Gasteiger partial charge in [0, 0.05) is 36.1 Å². The Kier molecular flexibility index (Phi) is 20.7. The number of benzene rings is 5. The van der Waals surface area contributed by atoms with Gasteiger partial charge in [-0.25, -0.2) is 14.0 Å². The van der Waals surface area contributed by atoms with Gasteiger partial charge in [0.25, 0.3) is 5.91 Å². The van der Waals surface area contributed by atoms with Gasteiger partial charge < -0.3 is 34.7 Å². The molecule has 2 heterocycles. The molecule has 0 aliphatic carbocycles. The van der Waals surface area contributed by atoms with E-state index in [-0.39, 0.29) is 73.8 Å². The van der Waals surface area contributed by atoms with Crippen LogP contribution in [0.25, 0.3) is 22.4 Å². The first kappa shape index (κ1) is 63.3. The number of halogens is 10. The number of alkyl halides is 9. The van der Waals surface area contributed by atoms with E-state index in [0.717, 1.165) is 34.2 Å². The Balaban J connectivity index is 0.000000264. The molecule has 1 aliphatic rings. The fourth-order valence-electron chi connectivity index (χ4n) is 9.92. The van der Waals surface area contributed by atoms with E-state index in [1.165, 1.54) is 19.1 Å². The van der Waals surface area contributed by atoms with Gasteiger partial charge in [-0.15, -0.1) is 0 Å². The number of para-hydroxylation sites is 1. The number of anilines is 2. The van der Waals surface area contributed by atoms with E-state index in [9.17, 15) is 73.3 Å². The highest BCUT2D eigenvalue weighted by atomic mass is 19.4. The summed E-state index contributed by atoms with van der Waals surface area (Å²) in [4.78, 5) is 52.6. The third-order valence-electron chi connectivity index (χ3n) is 13.5. The molecule has 82 heavy (non-hydrogen) atoms. The lowest BCUT2D eigenvalue weighted by molar-refractivity contribution is -0.143. The molecule has 1 aromatic heterocycles. The number of carbonyl (C=O) groups is 4. The molecular formula is C59H60F10N4O9. The summed E-state index contributed by atoms with van der Waals surface area (Å²) in [5, 5.41) is 32.8. The summed E-state index contributed by atoms with van der Waals surface area (Å²) in [5.41, 5.74) is -0.504. The van der Waals surface area contributed by atoms with Gasteiger partial charge in [-0.05, 0) is 134 Å². The molecule has 4 N–H and O–H groups in total. The molecule has 0 unspecified atom stereocenters. The van der Waals surface area contributed by atoms with E-state index >= 15 is 0 Å². The van der Waals surface area contributed by atoms with E-state index in [1.54, 1.807) is 19.1 Å². The fourth-order valence-corrected chi connectivity index (χ4v) is 9.92. The number of methoxy groups -OCH3 is 1. The van der Waals surface area contributed by atoms with Crippen LogP contribution in [0, 0.1) is 5.82 Å². The van der Waals surface area contributed by atoms with Crippen LogP contribution in [0.5, 0.6) is 0 Å². The molecule has 6 aromatic rings. The zero-order chi connectivity index (χ0) is 60.4. The molecule has 440 valence electrons. The number of carbonyl (C=O) groups excluding carboxylic acids is 3. The van der Waals surface area contributed by atoms with Gasteiger partial charge >= 0.3 is 36.7 Å². The molecule has 5 aromatic carbocycles. The lowest BCUT2D eigenvalue weighted by atomic mass is 9.87. The number of amides is 3. The Bertz CT molecular complexity index is 3140. The number of aliphatic hydroxyl groups excluding tert-OH is 2. The molecule has 0 saturated carbocycles. The Morgan fingerprint density at radius 1 is 0.744 bits per heavy atom. The number of nitrogens with one attached hydrogen (secondary N) is 1. The van der Waals surface area contributed by atoms with Crippen molar-refractivity contribution in [1.29, 1.82) is 0 Å². The minimum atomic E-state index is -5.17. The lowest BCUT2D eigenvalue weighted by Crippen LogP contribution is -2.48. The van der Waals surface area contributed by atoms with Gasteiger partial charge in [0.2, 0.25) is 0 Å². The summed E-state index contributed by atoms with van der Waals surface area (Å²) in [7, 11) is 0.903. The quantitative estimate of drug-likeness (QED) is 0.0649. The number of aromatic nitrogens is 1. The summed E-state index contributed by atoms with van der Waals surface area (Å²) in [6.45, 7) is 6.48. The first-order chi connectivity index (χ1) is 38.6. The standard InChI is InChI=1S/C33H35FN2O5.C26H25F9N2O4/c1-21(2)31-30(33(41)35-25-11-7-4-8-12-25)29(22-9-5-3-6-10-22)32(23-13-15-24(34)16-14-23)36(31)18-17-26(37)19-27(38)20-28(39)40;1-4-18-12-21(19-11-15(24(27,28)29)6-7-20(19)37(18)23(39)41-5-2)36(22(38)40-3)13-14-8-16(25(30,31)32)10-17(9-14)26(33,34)35/h3-16,21,26-27,37-38H,17-20H2,1-2H3,(H,35,41)(H,39,40);6-11,18,21H,4-5,12-13H2,1-3H3/t26-,27-;18-,21+/m11/s1. The number of hydrogen-bond donors (Lipinski definition) is 4. The molecule has 0 fully saturated rings. The molecule has 7 rings (SSSR count). The maximum atomic E-state index is 14.0. The SMILES string of the molecule is CC(C)c1c(C(=O)Nc2ccccc2)c(-c2ccccc2)c(-c2ccc(F)cc2)n1CC[C@@H](O)C[C@@H](O)CC(=O)O.CCOC(=O)N1c2ccc(C(F)(F)F)cc2[C@@H](N(Cc2cc(C(F)(F)F)cc(C(F)(F)F)c2)C(=O)OC)C[C@H]1CC. The number of rotatable bonds is 17. The predicted molar refractivity (Wildman–Crippen MR) is 284 cm³/mol. The number of aliphatic hydroxyl groups is 2. The van der Waals surface area contributed by atoms with Crippen LogP contribution in [0.4, 0.5) is 64.9 Å². The molecule has 0 spiro atoms. The first-order valence-electron chi connectivity index (χ1n) is 25.9. The Labute approximate surface area is 465 Å².